The van der Waals surface area contributed by atoms with E-state index >= 15 is 0 Å². The monoisotopic (exact) mass is 346 g/mol. The lowest BCUT2D eigenvalue weighted by Gasteiger charge is -2.14. The molecule has 0 saturated carbocycles. The number of rotatable bonds is 6. The zero-order valence-corrected chi connectivity index (χ0v) is 14.2. The summed E-state index contributed by atoms with van der Waals surface area (Å²) in [6.45, 7) is 0.0626. The summed E-state index contributed by atoms with van der Waals surface area (Å²) in [7, 11) is 4.49. The van der Waals surface area contributed by atoms with Crippen molar-refractivity contribution in [3.05, 3.63) is 47.8 Å². The highest BCUT2D eigenvalue weighted by Crippen LogP contribution is 2.39. The molecule has 1 atom stereocenters. The van der Waals surface area contributed by atoms with Crippen LogP contribution < -0.4 is 18.9 Å². The number of benzene rings is 2. The first-order valence-electron chi connectivity index (χ1n) is 7.43. The summed E-state index contributed by atoms with van der Waals surface area (Å²) in [6, 6.07) is 8.86. The van der Waals surface area contributed by atoms with Crippen LogP contribution in [0.1, 0.15) is 11.7 Å². The van der Waals surface area contributed by atoms with E-state index in [1.54, 1.807) is 12.1 Å². The summed E-state index contributed by atoms with van der Waals surface area (Å²) >= 11 is 0. The first kappa shape index (κ1) is 18.4. The van der Waals surface area contributed by atoms with Crippen LogP contribution >= 0.6 is 0 Å². The molecule has 25 heavy (non-hydrogen) atoms. The number of hydrogen-bond donors (Lipinski definition) is 1. The lowest BCUT2D eigenvalue weighted by molar-refractivity contribution is 0.235. The zero-order chi connectivity index (χ0) is 18.2. The van der Waals surface area contributed by atoms with Crippen molar-refractivity contribution in [2.45, 2.75) is 6.10 Å². The Balaban J connectivity index is 2.08. The minimum absolute atomic E-state index is 0.0626. The van der Waals surface area contributed by atoms with Crippen LogP contribution in [0.4, 0.5) is 4.39 Å². The minimum atomic E-state index is -1.05. The van der Waals surface area contributed by atoms with Crippen molar-refractivity contribution in [1.82, 2.24) is 0 Å². The maximum Gasteiger partial charge on any atom is 0.203 e. The van der Waals surface area contributed by atoms with Gasteiger partial charge in [-0.15, -0.1) is 0 Å². The van der Waals surface area contributed by atoms with Gasteiger partial charge in [-0.1, -0.05) is 11.8 Å². The van der Waals surface area contributed by atoms with Gasteiger partial charge in [0.25, 0.3) is 0 Å². The fourth-order valence-electron chi connectivity index (χ4n) is 2.13. The number of halogens is 1. The van der Waals surface area contributed by atoms with Gasteiger partial charge >= 0.3 is 0 Å². The van der Waals surface area contributed by atoms with Gasteiger partial charge in [-0.3, -0.25) is 0 Å². The van der Waals surface area contributed by atoms with Crippen molar-refractivity contribution in [2.24, 2.45) is 0 Å². The number of ether oxygens (including phenoxy) is 4. The molecule has 0 spiro atoms. The largest absolute Gasteiger partial charge is 0.493 e. The van der Waals surface area contributed by atoms with Gasteiger partial charge in [-0.2, -0.15) is 0 Å². The highest BCUT2D eigenvalue weighted by Gasteiger charge is 2.16. The van der Waals surface area contributed by atoms with Gasteiger partial charge in [0.15, 0.2) is 11.5 Å². The van der Waals surface area contributed by atoms with Crippen molar-refractivity contribution >= 4 is 0 Å². The van der Waals surface area contributed by atoms with E-state index in [9.17, 15) is 9.50 Å². The molecule has 0 fully saturated rings. The van der Waals surface area contributed by atoms with Crippen molar-refractivity contribution in [3.8, 4) is 34.8 Å². The molecule has 0 bridgehead atoms. The molecular weight excluding hydrogens is 327 g/mol. The van der Waals surface area contributed by atoms with Gasteiger partial charge in [0, 0.05) is 5.56 Å². The normalized spacial score (nSPS) is 11.1. The molecule has 0 aromatic heterocycles. The molecule has 2 rings (SSSR count). The Morgan fingerprint density at radius 2 is 1.60 bits per heavy atom. The molecule has 0 heterocycles. The molecule has 132 valence electrons. The van der Waals surface area contributed by atoms with Gasteiger partial charge in [-0.25, -0.2) is 4.39 Å². The summed E-state index contributed by atoms with van der Waals surface area (Å²) in [6.07, 6.45) is -1.05. The predicted octanol–water partition coefficient (Wildman–Crippen LogP) is 2.97. The highest BCUT2D eigenvalue weighted by atomic mass is 19.1. The topological polar surface area (TPSA) is 57.2 Å². The summed E-state index contributed by atoms with van der Waals surface area (Å²) in [4.78, 5) is 0. The molecule has 0 aliphatic heterocycles. The first-order valence-corrected chi connectivity index (χ1v) is 7.43. The van der Waals surface area contributed by atoms with Crippen molar-refractivity contribution in [2.75, 3.05) is 27.9 Å². The van der Waals surface area contributed by atoms with Crippen LogP contribution in [-0.2, 0) is 0 Å². The number of aliphatic hydroxyl groups is 1. The van der Waals surface area contributed by atoms with E-state index in [0.717, 1.165) is 0 Å². The van der Waals surface area contributed by atoms with Crippen molar-refractivity contribution < 1.29 is 28.4 Å². The van der Waals surface area contributed by atoms with Gasteiger partial charge in [0.05, 0.1) is 21.3 Å². The van der Waals surface area contributed by atoms with Gasteiger partial charge in [0.2, 0.25) is 5.75 Å². The summed E-state index contributed by atoms with van der Waals surface area (Å²) < 4.78 is 33.9. The van der Waals surface area contributed by atoms with Crippen LogP contribution in [0.5, 0.6) is 23.0 Å². The van der Waals surface area contributed by atoms with E-state index in [4.69, 9.17) is 18.9 Å². The predicted molar refractivity (Wildman–Crippen MR) is 90.7 cm³/mol. The fourth-order valence-corrected chi connectivity index (χ4v) is 2.13. The third-order valence-corrected chi connectivity index (χ3v) is 3.37. The molecule has 1 unspecified atom stereocenters. The van der Waals surface area contributed by atoms with Crippen LogP contribution in [0, 0.1) is 17.7 Å². The number of hydrogen-bond acceptors (Lipinski definition) is 5. The molecule has 5 nitrogen and oxygen atoms in total. The molecule has 1 N–H and O–H groups in total. The van der Waals surface area contributed by atoms with E-state index in [1.165, 1.54) is 45.6 Å². The maximum atomic E-state index is 12.8. The number of methoxy groups -OCH3 is 3. The molecule has 0 saturated heterocycles. The maximum absolute atomic E-state index is 12.8. The average Bonchev–Trinajstić information content (AvgIpc) is 2.65. The van der Waals surface area contributed by atoms with E-state index in [1.807, 2.05) is 0 Å². The Hall–Kier alpha value is -2.91. The van der Waals surface area contributed by atoms with E-state index in [2.05, 4.69) is 11.8 Å². The Bertz CT molecular complexity index is 737. The molecule has 2 aromatic carbocycles. The SMILES string of the molecule is COc1cc(C(O)C#CCOc2ccc(F)cc2)cc(OC)c1OC. The summed E-state index contributed by atoms with van der Waals surface area (Å²) in [5.74, 6) is 6.86. The molecule has 0 amide bonds. The van der Waals surface area contributed by atoms with Gasteiger partial charge in [-0.05, 0) is 36.4 Å². The lowest BCUT2D eigenvalue weighted by Crippen LogP contribution is -2.01. The lowest BCUT2D eigenvalue weighted by atomic mass is 10.1. The van der Waals surface area contributed by atoms with Crippen LogP contribution in [0.25, 0.3) is 0 Å². The molecule has 0 aliphatic carbocycles. The Labute approximate surface area is 145 Å². The number of aliphatic hydroxyl groups excluding tert-OH is 1. The Morgan fingerprint density at radius 3 is 2.12 bits per heavy atom. The van der Waals surface area contributed by atoms with Crippen LogP contribution in [0.15, 0.2) is 36.4 Å². The van der Waals surface area contributed by atoms with E-state index in [0.29, 0.717) is 28.6 Å². The molecule has 0 aliphatic rings. The third kappa shape index (κ3) is 4.78. The van der Waals surface area contributed by atoms with Crippen molar-refractivity contribution in [3.63, 3.8) is 0 Å². The smallest absolute Gasteiger partial charge is 0.203 e. The van der Waals surface area contributed by atoms with E-state index in [-0.39, 0.29) is 12.4 Å². The molecule has 0 radical (unpaired) electrons. The van der Waals surface area contributed by atoms with Crippen LogP contribution in [0.3, 0.4) is 0 Å². The first-order chi connectivity index (χ1) is 12.1. The quantitative estimate of drug-likeness (QED) is 0.815. The Morgan fingerprint density at radius 1 is 1.00 bits per heavy atom. The second kappa shape index (κ2) is 8.81. The molecular formula is C19H19FO5. The second-order valence-electron chi connectivity index (χ2n) is 4.92. The fraction of sp³-hybridized carbons (Fsp3) is 0.263. The third-order valence-electron chi connectivity index (χ3n) is 3.37. The standard InChI is InChI=1S/C19H19FO5/c1-22-17-11-13(12-18(23-2)19(17)24-3)16(21)5-4-10-25-15-8-6-14(20)7-9-15/h6-9,11-12,16,21H,10H2,1-3H3. The molecule has 2 aromatic rings. The van der Waals surface area contributed by atoms with Gasteiger partial charge < -0.3 is 24.1 Å². The van der Waals surface area contributed by atoms with Crippen molar-refractivity contribution in [1.29, 1.82) is 0 Å². The highest BCUT2D eigenvalue weighted by molar-refractivity contribution is 5.54. The molecule has 6 heteroatoms. The minimum Gasteiger partial charge on any atom is -0.493 e. The van der Waals surface area contributed by atoms with E-state index < -0.39 is 6.10 Å². The Kier molecular flexibility index (Phi) is 6.49. The average molecular weight is 346 g/mol. The summed E-state index contributed by atoms with van der Waals surface area (Å²) in [5, 5.41) is 10.2. The zero-order valence-electron chi connectivity index (χ0n) is 14.2. The summed E-state index contributed by atoms with van der Waals surface area (Å²) in [5.41, 5.74) is 0.504. The van der Waals surface area contributed by atoms with Gasteiger partial charge in [0.1, 0.15) is 24.3 Å². The van der Waals surface area contributed by atoms with Crippen LogP contribution in [-0.4, -0.2) is 33.0 Å². The van der Waals surface area contributed by atoms with Crippen LogP contribution in [0.2, 0.25) is 0 Å². The second-order valence-corrected chi connectivity index (χ2v) is 4.92.